The number of sulfonamides is 1. The first-order chi connectivity index (χ1) is 7.92. The standard InChI is InChI=1S/C11H15N3O2S/c1-3-9(7-12)17(15,16)14-11-6-4-5-10(13)8(11)2/h4-6,9,14H,3,13H2,1-2H3. The topological polar surface area (TPSA) is 96.0 Å². The number of hydrogen-bond donors (Lipinski definition) is 2. The summed E-state index contributed by atoms with van der Waals surface area (Å²) in [6, 6.07) is 6.73. The van der Waals surface area contributed by atoms with Gasteiger partial charge in [0.05, 0.1) is 11.8 Å². The van der Waals surface area contributed by atoms with E-state index in [2.05, 4.69) is 4.72 Å². The zero-order chi connectivity index (χ0) is 13.1. The molecule has 0 amide bonds. The highest BCUT2D eigenvalue weighted by molar-refractivity contribution is 7.93. The molecule has 1 unspecified atom stereocenters. The lowest BCUT2D eigenvalue weighted by Gasteiger charge is -2.14. The molecule has 0 aromatic heterocycles. The van der Waals surface area contributed by atoms with Gasteiger partial charge < -0.3 is 5.73 Å². The second-order valence-corrected chi connectivity index (χ2v) is 5.56. The lowest BCUT2D eigenvalue weighted by Crippen LogP contribution is -2.26. The van der Waals surface area contributed by atoms with Gasteiger partial charge in [0.2, 0.25) is 10.0 Å². The molecule has 0 aliphatic heterocycles. The number of nitrogens with two attached hydrogens (primary N) is 1. The molecule has 0 bridgehead atoms. The molecule has 1 aromatic carbocycles. The number of rotatable bonds is 4. The number of anilines is 2. The summed E-state index contributed by atoms with van der Waals surface area (Å²) in [4.78, 5) is 0. The van der Waals surface area contributed by atoms with Crippen LogP contribution in [0.5, 0.6) is 0 Å². The SMILES string of the molecule is CCC(C#N)S(=O)(=O)Nc1cccc(N)c1C. The Balaban J connectivity index is 3.07. The van der Waals surface area contributed by atoms with Gasteiger partial charge in [0.25, 0.3) is 0 Å². The van der Waals surface area contributed by atoms with Crippen molar-refractivity contribution in [1.82, 2.24) is 0 Å². The van der Waals surface area contributed by atoms with E-state index in [9.17, 15) is 8.42 Å². The summed E-state index contributed by atoms with van der Waals surface area (Å²) in [5.74, 6) is 0. The highest BCUT2D eigenvalue weighted by Gasteiger charge is 2.23. The van der Waals surface area contributed by atoms with Crippen LogP contribution >= 0.6 is 0 Å². The number of nitrogen functional groups attached to an aromatic ring is 1. The molecule has 0 saturated heterocycles. The van der Waals surface area contributed by atoms with Crippen LogP contribution in [-0.2, 0) is 10.0 Å². The summed E-state index contributed by atoms with van der Waals surface area (Å²) >= 11 is 0. The van der Waals surface area contributed by atoms with Crippen LogP contribution < -0.4 is 10.5 Å². The zero-order valence-corrected chi connectivity index (χ0v) is 10.6. The molecule has 1 aromatic rings. The van der Waals surface area contributed by atoms with Crippen LogP contribution in [0.15, 0.2) is 18.2 Å². The Bertz CT molecular complexity index is 546. The second-order valence-electron chi connectivity index (χ2n) is 3.69. The van der Waals surface area contributed by atoms with Gasteiger partial charge in [0, 0.05) is 5.69 Å². The quantitative estimate of drug-likeness (QED) is 0.797. The summed E-state index contributed by atoms with van der Waals surface area (Å²) in [6.45, 7) is 3.37. The molecule has 0 heterocycles. The fourth-order valence-electron chi connectivity index (χ4n) is 1.37. The maximum absolute atomic E-state index is 11.9. The van der Waals surface area contributed by atoms with Crippen LogP contribution in [0.1, 0.15) is 18.9 Å². The third-order valence-electron chi connectivity index (χ3n) is 2.52. The van der Waals surface area contributed by atoms with Crippen molar-refractivity contribution in [3.8, 4) is 6.07 Å². The summed E-state index contributed by atoms with van der Waals surface area (Å²) in [5, 5.41) is 7.72. The lowest BCUT2D eigenvalue weighted by molar-refractivity contribution is 0.593. The van der Waals surface area contributed by atoms with Crippen molar-refractivity contribution in [3.05, 3.63) is 23.8 Å². The largest absolute Gasteiger partial charge is 0.398 e. The Morgan fingerprint density at radius 3 is 2.71 bits per heavy atom. The van der Waals surface area contributed by atoms with E-state index < -0.39 is 15.3 Å². The van der Waals surface area contributed by atoms with Gasteiger partial charge in [-0.15, -0.1) is 0 Å². The van der Waals surface area contributed by atoms with Gasteiger partial charge >= 0.3 is 0 Å². The molecule has 0 radical (unpaired) electrons. The van der Waals surface area contributed by atoms with E-state index in [1.807, 2.05) is 0 Å². The van der Waals surface area contributed by atoms with Crippen molar-refractivity contribution in [1.29, 1.82) is 5.26 Å². The maximum Gasteiger partial charge on any atom is 0.249 e. The van der Waals surface area contributed by atoms with Crippen LogP contribution in [0.25, 0.3) is 0 Å². The van der Waals surface area contributed by atoms with Crippen molar-refractivity contribution in [2.24, 2.45) is 0 Å². The van der Waals surface area contributed by atoms with Crippen LogP contribution in [-0.4, -0.2) is 13.7 Å². The first kappa shape index (κ1) is 13.3. The summed E-state index contributed by atoms with van der Waals surface area (Å²) in [5.41, 5.74) is 7.26. The average Bonchev–Trinajstić information content (AvgIpc) is 2.26. The fraction of sp³-hybridized carbons (Fsp3) is 0.364. The van der Waals surface area contributed by atoms with Gasteiger partial charge in [-0.25, -0.2) is 8.42 Å². The molecule has 0 fully saturated rings. The van der Waals surface area contributed by atoms with Gasteiger partial charge in [0.15, 0.2) is 5.25 Å². The first-order valence-electron chi connectivity index (χ1n) is 5.18. The lowest BCUT2D eigenvalue weighted by atomic mass is 10.2. The third kappa shape index (κ3) is 2.88. The molecule has 1 rings (SSSR count). The Morgan fingerprint density at radius 1 is 1.53 bits per heavy atom. The molecule has 0 aliphatic rings. The van der Waals surface area contributed by atoms with Gasteiger partial charge in [0.1, 0.15) is 0 Å². The Kier molecular flexibility index (Phi) is 3.97. The van der Waals surface area contributed by atoms with Crippen LogP contribution in [0.3, 0.4) is 0 Å². The van der Waals surface area contributed by atoms with E-state index in [0.717, 1.165) is 0 Å². The Labute approximate surface area is 101 Å². The minimum atomic E-state index is -3.68. The van der Waals surface area contributed by atoms with E-state index >= 15 is 0 Å². The van der Waals surface area contributed by atoms with E-state index in [1.165, 1.54) is 0 Å². The number of nitriles is 1. The number of benzene rings is 1. The number of nitrogens with one attached hydrogen (secondary N) is 1. The summed E-state index contributed by atoms with van der Waals surface area (Å²) in [6.07, 6.45) is 0.243. The molecular formula is C11H15N3O2S. The molecule has 92 valence electrons. The van der Waals surface area contributed by atoms with Crippen molar-refractivity contribution in [2.45, 2.75) is 25.5 Å². The summed E-state index contributed by atoms with van der Waals surface area (Å²) in [7, 11) is -3.68. The van der Waals surface area contributed by atoms with Gasteiger partial charge in [-0.05, 0) is 31.0 Å². The molecule has 3 N–H and O–H groups in total. The van der Waals surface area contributed by atoms with Crippen molar-refractivity contribution in [2.75, 3.05) is 10.5 Å². The summed E-state index contributed by atoms with van der Waals surface area (Å²) < 4.78 is 26.1. The normalized spacial score (nSPS) is 12.8. The minimum Gasteiger partial charge on any atom is -0.398 e. The van der Waals surface area contributed by atoms with Crippen molar-refractivity contribution >= 4 is 21.4 Å². The molecule has 0 saturated carbocycles. The fourth-order valence-corrected chi connectivity index (χ4v) is 2.62. The third-order valence-corrected chi connectivity index (χ3v) is 4.21. The average molecular weight is 253 g/mol. The first-order valence-corrected chi connectivity index (χ1v) is 6.73. The van der Waals surface area contributed by atoms with Crippen LogP contribution in [0.4, 0.5) is 11.4 Å². The molecule has 0 aliphatic carbocycles. The van der Waals surface area contributed by atoms with Gasteiger partial charge in [-0.3, -0.25) is 4.72 Å². The Hall–Kier alpha value is -1.74. The molecule has 17 heavy (non-hydrogen) atoms. The maximum atomic E-state index is 11.9. The highest BCUT2D eigenvalue weighted by Crippen LogP contribution is 2.22. The highest BCUT2D eigenvalue weighted by atomic mass is 32.2. The minimum absolute atomic E-state index is 0.243. The molecule has 6 heteroatoms. The zero-order valence-electron chi connectivity index (χ0n) is 9.77. The van der Waals surface area contributed by atoms with E-state index in [1.54, 1.807) is 38.1 Å². The monoisotopic (exact) mass is 253 g/mol. The predicted octanol–water partition coefficient (Wildman–Crippen LogP) is 1.62. The number of nitrogens with zero attached hydrogens (tertiary/aromatic N) is 1. The molecule has 5 nitrogen and oxygen atoms in total. The molecular weight excluding hydrogens is 238 g/mol. The smallest absolute Gasteiger partial charge is 0.249 e. The van der Waals surface area contributed by atoms with E-state index in [4.69, 9.17) is 11.0 Å². The van der Waals surface area contributed by atoms with Gasteiger partial charge in [-0.2, -0.15) is 5.26 Å². The van der Waals surface area contributed by atoms with Crippen LogP contribution in [0.2, 0.25) is 0 Å². The Morgan fingerprint density at radius 2 is 2.18 bits per heavy atom. The predicted molar refractivity (Wildman–Crippen MR) is 67.8 cm³/mol. The van der Waals surface area contributed by atoms with Crippen LogP contribution in [0, 0.1) is 18.3 Å². The number of hydrogen-bond acceptors (Lipinski definition) is 4. The van der Waals surface area contributed by atoms with E-state index in [-0.39, 0.29) is 6.42 Å². The van der Waals surface area contributed by atoms with Crippen molar-refractivity contribution in [3.63, 3.8) is 0 Å². The second kappa shape index (κ2) is 5.06. The van der Waals surface area contributed by atoms with Crippen molar-refractivity contribution < 1.29 is 8.42 Å². The van der Waals surface area contributed by atoms with E-state index in [0.29, 0.717) is 16.9 Å². The van der Waals surface area contributed by atoms with Gasteiger partial charge in [-0.1, -0.05) is 13.0 Å². The molecule has 0 spiro atoms. The molecule has 1 atom stereocenters.